The molecule has 1 aliphatic rings. The molecule has 1 atom stereocenters. The molecule has 1 amide bonds. The van der Waals surface area contributed by atoms with Gasteiger partial charge in [0.1, 0.15) is 11.6 Å². The number of carbonyl (C=O) groups excluding carboxylic acids is 2. The highest BCUT2D eigenvalue weighted by Crippen LogP contribution is 2.28. The van der Waals surface area contributed by atoms with E-state index in [-0.39, 0.29) is 5.78 Å². The molecule has 1 aliphatic carbocycles. The van der Waals surface area contributed by atoms with Crippen molar-refractivity contribution in [3.8, 4) is 0 Å². The molecule has 145 valence electrons. The lowest BCUT2D eigenvalue weighted by molar-refractivity contribution is -0.120. The smallest absolute Gasteiger partial charge is 0.408 e. The molecule has 5 heteroatoms. The van der Waals surface area contributed by atoms with Crippen molar-refractivity contribution >= 4 is 11.9 Å². The number of nitrogens with two attached hydrogens (primary N) is 1. The summed E-state index contributed by atoms with van der Waals surface area (Å²) in [6.07, 6.45) is 7.45. The van der Waals surface area contributed by atoms with Crippen LogP contribution in [-0.4, -0.2) is 23.5 Å². The lowest BCUT2D eigenvalue weighted by atomic mass is 9.83. The summed E-state index contributed by atoms with van der Waals surface area (Å²) in [6, 6.07) is -0.212. The van der Waals surface area contributed by atoms with Crippen LogP contribution in [0.15, 0.2) is 0 Å². The maximum absolute atomic E-state index is 12.8. The summed E-state index contributed by atoms with van der Waals surface area (Å²) in [7, 11) is 0. The second kappa shape index (κ2) is 10.1. The van der Waals surface area contributed by atoms with Crippen LogP contribution in [0, 0.1) is 17.9 Å². The van der Waals surface area contributed by atoms with Crippen molar-refractivity contribution in [2.45, 2.75) is 97.6 Å². The predicted molar refractivity (Wildman–Crippen MR) is 101 cm³/mol. The van der Waals surface area contributed by atoms with E-state index in [2.05, 4.69) is 19.2 Å². The number of nitrogens with one attached hydrogen (secondary N) is 1. The Balaban J connectivity index is 2.71. The normalized spacial score (nSPS) is 17.6. The standard InChI is InChI=1S/C20H37N2O3/c1-14(2)11-12-16(21)18(23)17(13-15-9-7-6-8-10-15)22-19(24)25-20(3,4)5/h14-15,17H,6-13,21H2,1-5H3,(H,22,24). The highest BCUT2D eigenvalue weighted by atomic mass is 16.6. The molecule has 1 unspecified atom stereocenters. The zero-order valence-corrected chi connectivity index (χ0v) is 16.7. The van der Waals surface area contributed by atoms with E-state index in [0.717, 1.165) is 19.3 Å². The Morgan fingerprint density at radius 2 is 1.76 bits per heavy atom. The molecule has 1 fully saturated rings. The van der Waals surface area contributed by atoms with Crippen LogP contribution in [0.4, 0.5) is 4.79 Å². The fourth-order valence-electron chi connectivity index (χ4n) is 3.23. The van der Waals surface area contributed by atoms with Crippen LogP contribution in [0.5, 0.6) is 0 Å². The topological polar surface area (TPSA) is 81.4 Å². The van der Waals surface area contributed by atoms with Crippen LogP contribution in [0.2, 0.25) is 0 Å². The first kappa shape index (κ1) is 21.9. The summed E-state index contributed by atoms with van der Waals surface area (Å²) < 4.78 is 5.33. The summed E-state index contributed by atoms with van der Waals surface area (Å²) in [4.78, 5) is 25.0. The van der Waals surface area contributed by atoms with Crippen molar-refractivity contribution in [2.24, 2.45) is 17.6 Å². The van der Waals surface area contributed by atoms with Crippen molar-refractivity contribution in [1.82, 2.24) is 5.32 Å². The number of ketones is 1. The highest BCUT2D eigenvalue weighted by molar-refractivity contribution is 5.97. The van der Waals surface area contributed by atoms with Gasteiger partial charge in [-0.1, -0.05) is 46.0 Å². The summed E-state index contributed by atoms with van der Waals surface area (Å²) in [5.41, 5.74) is 5.46. The molecule has 0 aromatic rings. The quantitative estimate of drug-likeness (QED) is 0.680. The first-order chi connectivity index (χ1) is 11.6. The second-order valence-electron chi connectivity index (χ2n) is 8.76. The molecule has 0 bridgehead atoms. The van der Waals surface area contributed by atoms with Gasteiger partial charge in [-0.25, -0.2) is 4.79 Å². The van der Waals surface area contributed by atoms with Gasteiger partial charge < -0.3 is 15.8 Å². The maximum atomic E-state index is 12.8. The number of rotatable bonds is 8. The highest BCUT2D eigenvalue weighted by Gasteiger charge is 2.31. The third-order valence-electron chi connectivity index (χ3n) is 4.61. The Labute approximate surface area is 153 Å². The second-order valence-corrected chi connectivity index (χ2v) is 8.76. The monoisotopic (exact) mass is 353 g/mol. The summed E-state index contributed by atoms with van der Waals surface area (Å²) in [6.45, 7) is 9.65. The fourth-order valence-corrected chi connectivity index (χ4v) is 3.23. The lowest BCUT2D eigenvalue weighted by Gasteiger charge is -2.29. The zero-order chi connectivity index (χ0) is 19.0. The van der Waals surface area contributed by atoms with E-state index < -0.39 is 17.7 Å². The molecule has 0 aromatic carbocycles. The van der Waals surface area contributed by atoms with Gasteiger partial charge in [-0.2, -0.15) is 0 Å². The van der Waals surface area contributed by atoms with E-state index in [1.807, 2.05) is 20.8 Å². The molecule has 5 nitrogen and oxygen atoms in total. The molecule has 1 rings (SSSR count). The van der Waals surface area contributed by atoms with Crippen LogP contribution >= 0.6 is 0 Å². The third-order valence-corrected chi connectivity index (χ3v) is 4.61. The molecule has 3 N–H and O–H groups in total. The van der Waals surface area contributed by atoms with Crippen LogP contribution in [-0.2, 0) is 9.53 Å². The number of alkyl carbamates (subject to hydrolysis) is 1. The zero-order valence-electron chi connectivity index (χ0n) is 16.7. The molecule has 0 spiro atoms. The van der Waals surface area contributed by atoms with Crippen LogP contribution in [0.3, 0.4) is 0 Å². The van der Waals surface area contributed by atoms with Crippen LogP contribution in [0.1, 0.15) is 86.0 Å². The minimum atomic E-state index is -0.588. The van der Waals surface area contributed by atoms with E-state index in [0.29, 0.717) is 30.7 Å². The number of carbonyl (C=O) groups is 2. The molecule has 0 aromatic heterocycles. The van der Waals surface area contributed by atoms with Crippen molar-refractivity contribution in [3.05, 3.63) is 6.04 Å². The number of Topliss-reactive ketones (excluding diaryl/α,β-unsaturated/α-hetero) is 1. The van der Waals surface area contributed by atoms with Gasteiger partial charge in [0.2, 0.25) is 0 Å². The van der Waals surface area contributed by atoms with E-state index in [1.54, 1.807) is 0 Å². The van der Waals surface area contributed by atoms with Crippen molar-refractivity contribution < 1.29 is 14.3 Å². The largest absolute Gasteiger partial charge is 0.444 e. The van der Waals surface area contributed by atoms with E-state index in [1.165, 1.54) is 19.3 Å². The lowest BCUT2D eigenvalue weighted by Crippen LogP contribution is -2.47. The molecule has 0 heterocycles. The first-order valence-corrected chi connectivity index (χ1v) is 9.73. The summed E-state index contributed by atoms with van der Waals surface area (Å²) >= 11 is 0. The van der Waals surface area contributed by atoms with Gasteiger partial charge in [0.25, 0.3) is 0 Å². The SMILES string of the molecule is CC(C)CC[C](N)C(=O)C(CC1CCCCC1)NC(=O)OC(C)(C)C. The van der Waals surface area contributed by atoms with Gasteiger partial charge in [-0.3, -0.25) is 4.79 Å². The van der Waals surface area contributed by atoms with Gasteiger partial charge >= 0.3 is 6.09 Å². The Morgan fingerprint density at radius 3 is 2.28 bits per heavy atom. The van der Waals surface area contributed by atoms with Gasteiger partial charge in [0, 0.05) is 0 Å². The molecule has 25 heavy (non-hydrogen) atoms. The van der Waals surface area contributed by atoms with Gasteiger partial charge in [-0.15, -0.1) is 0 Å². The minimum absolute atomic E-state index is 0.142. The van der Waals surface area contributed by atoms with Gasteiger partial charge in [0.05, 0.1) is 6.04 Å². The molecule has 0 aliphatic heterocycles. The maximum Gasteiger partial charge on any atom is 0.408 e. The van der Waals surface area contributed by atoms with Crippen molar-refractivity contribution in [1.29, 1.82) is 0 Å². The molecule has 1 radical (unpaired) electrons. The summed E-state index contributed by atoms with van der Waals surface area (Å²) in [5.74, 6) is 0.814. The number of hydrogen-bond acceptors (Lipinski definition) is 4. The molecule has 1 saturated carbocycles. The van der Waals surface area contributed by atoms with Crippen molar-refractivity contribution in [2.75, 3.05) is 0 Å². The Bertz CT molecular complexity index is 423. The van der Waals surface area contributed by atoms with E-state index >= 15 is 0 Å². The van der Waals surface area contributed by atoms with E-state index in [4.69, 9.17) is 10.5 Å². The van der Waals surface area contributed by atoms with Crippen molar-refractivity contribution in [3.63, 3.8) is 0 Å². The third kappa shape index (κ3) is 9.24. The van der Waals surface area contributed by atoms with Crippen LogP contribution < -0.4 is 11.1 Å². The van der Waals surface area contributed by atoms with Gasteiger partial charge in [0.15, 0.2) is 5.78 Å². The molecule has 0 saturated heterocycles. The van der Waals surface area contributed by atoms with Crippen LogP contribution in [0.25, 0.3) is 0 Å². The average molecular weight is 354 g/mol. The van der Waals surface area contributed by atoms with Gasteiger partial charge in [-0.05, 0) is 51.9 Å². The Morgan fingerprint density at radius 1 is 1.16 bits per heavy atom. The predicted octanol–water partition coefficient (Wildman–Crippen LogP) is 4.35. The number of hydrogen-bond donors (Lipinski definition) is 2. The average Bonchev–Trinajstić information content (AvgIpc) is 2.50. The first-order valence-electron chi connectivity index (χ1n) is 9.73. The number of amides is 1. The Hall–Kier alpha value is -1.10. The minimum Gasteiger partial charge on any atom is -0.444 e. The summed E-state index contributed by atoms with van der Waals surface area (Å²) in [5, 5.41) is 2.78. The fraction of sp³-hybridized carbons (Fsp3) is 0.850. The molecular formula is C20H37N2O3. The molecular weight excluding hydrogens is 316 g/mol. The Kier molecular flexibility index (Phi) is 8.91. The number of ether oxygens (including phenoxy) is 1. The van der Waals surface area contributed by atoms with E-state index in [9.17, 15) is 9.59 Å².